The zero-order valence-corrected chi connectivity index (χ0v) is 17.3. The van der Waals surface area contributed by atoms with Gasteiger partial charge in [-0.05, 0) is 50.1 Å². The standard InChI is InChI=1S/C23H23N5O2/c1-15-4-6-18-12-17(5-8-20(18)25-15)13-28-14-21(26-27-28)22(29)9-7-19-16(2)24-11-10-23(19)30-3/h4-6,8,10-12,14H,7,9,13H2,1-3H3. The fourth-order valence-corrected chi connectivity index (χ4v) is 3.50. The van der Waals surface area contributed by atoms with Gasteiger partial charge in [0.25, 0.3) is 0 Å². The third-order valence-corrected chi connectivity index (χ3v) is 5.11. The van der Waals surface area contributed by atoms with Gasteiger partial charge in [0.1, 0.15) is 11.4 Å². The lowest BCUT2D eigenvalue weighted by molar-refractivity contribution is 0.0977. The van der Waals surface area contributed by atoms with Crippen molar-refractivity contribution in [2.75, 3.05) is 7.11 Å². The number of rotatable bonds is 7. The topological polar surface area (TPSA) is 82.8 Å². The van der Waals surface area contributed by atoms with E-state index in [0.29, 0.717) is 25.1 Å². The van der Waals surface area contributed by atoms with E-state index >= 15 is 0 Å². The largest absolute Gasteiger partial charge is 0.496 e. The molecule has 0 unspecified atom stereocenters. The number of hydrogen-bond acceptors (Lipinski definition) is 6. The van der Waals surface area contributed by atoms with Gasteiger partial charge < -0.3 is 4.74 Å². The van der Waals surface area contributed by atoms with Crippen molar-refractivity contribution in [1.82, 2.24) is 25.0 Å². The maximum Gasteiger partial charge on any atom is 0.185 e. The number of aryl methyl sites for hydroxylation is 2. The highest BCUT2D eigenvalue weighted by Crippen LogP contribution is 2.22. The molecule has 0 spiro atoms. The van der Waals surface area contributed by atoms with Crippen molar-refractivity contribution in [2.45, 2.75) is 33.2 Å². The maximum atomic E-state index is 12.6. The van der Waals surface area contributed by atoms with Crippen LogP contribution in [0.4, 0.5) is 0 Å². The lowest BCUT2D eigenvalue weighted by Crippen LogP contribution is -2.05. The molecule has 30 heavy (non-hydrogen) atoms. The number of ether oxygens (including phenoxy) is 1. The Bertz CT molecular complexity index is 1220. The predicted octanol–water partition coefficient (Wildman–Crippen LogP) is 3.71. The number of Topliss-reactive ketones (excluding diaryl/α,β-unsaturated/α-hetero) is 1. The minimum absolute atomic E-state index is 0.0512. The third-order valence-electron chi connectivity index (χ3n) is 5.11. The molecular weight excluding hydrogens is 378 g/mol. The minimum atomic E-state index is -0.0512. The summed E-state index contributed by atoms with van der Waals surface area (Å²) in [5.41, 5.74) is 5.22. The summed E-state index contributed by atoms with van der Waals surface area (Å²) in [6.45, 7) is 4.44. The first-order chi connectivity index (χ1) is 14.5. The van der Waals surface area contributed by atoms with E-state index in [-0.39, 0.29) is 5.78 Å². The Morgan fingerprint density at radius 1 is 1.13 bits per heavy atom. The van der Waals surface area contributed by atoms with E-state index in [9.17, 15) is 4.79 Å². The average Bonchev–Trinajstić information content (AvgIpc) is 3.21. The number of nitrogens with zero attached hydrogens (tertiary/aromatic N) is 5. The molecule has 0 fully saturated rings. The van der Waals surface area contributed by atoms with Crippen molar-refractivity contribution in [3.05, 3.63) is 77.0 Å². The molecule has 0 aliphatic heterocycles. The van der Waals surface area contributed by atoms with Crippen LogP contribution >= 0.6 is 0 Å². The molecule has 7 nitrogen and oxygen atoms in total. The van der Waals surface area contributed by atoms with Gasteiger partial charge in [-0.25, -0.2) is 4.68 Å². The van der Waals surface area contributed by atoms with Gasteiger partial charge in [-0.2, -0.15) is 0 Å². The lowest BCUT2D eigenvalue weighted by Gasteiger charge is -2.09. The summed E-state index contributed by atoms with van der Waals surface area (Å²) in [5.74, 6) is 0.699. The van der Waals surface area contributed by atoms with Gasteiger partial charge in [0.15, 0.2) is 5.78 Å². The van der Waals surface area contributed by atoms with Gasteiger partial charge in [-0.1, -0.05) is 17.3 Å². The Morgan fingerprint density at radius 3 is 2.83 bits per heavy atom. The first-order valence-electron chi connectivity index (χ1n) is 9.81. The van der Waals surface area contributed by atoms with E-state index in [1.807, 2.05) is 38.1 Å². The van der Waals surface area contributed by atoms with Crippen molar-refractivity contribution in [3.63, 3.8) is 0 Å². The van der Waals surface area contributed by atoms with Gasteiger partial charge in [0.05, 0.1) is 25.4 Å². The molecule has 7 heteroatoms. The van der Waals surface area contributed by atoms with Crippen molar-refractivity contribution < 1.29 is 9.53 Å². The number of pyridine rings is 2. The Kier molecular flexibility index (Phi) is 5.52. The van der Waals surface area contributed by atoms with Crippen LogP contribution in [0.15, 0.2) is 48.8 Å². The molecule has 0 saturated heterocycles. The lowest BCUT2D eigenvalue weighted by atomic mass is 10.0. The zero-order valence-electron chi connectivity index (χ0n) is 17.3. The SMILES string of the molecule is COc1ccnc(C)c1CCC(=O)c1cn(Cc2ccc3nc(C)ccc3c2)nn1. The van der Waals surface area contributed by atoms with Crippen molar-refractivity contribution in [3.8, 4) is 5.75 Å². The molecule has 0 bridgehead atoms. The van der Waals surface area contributed by atoms with Crippen molar-refractivity contribution in [1.29, 1.82) is 0 Å². The van der Waals surface area contributed by atoms with E-state index in [1.165, 1.54) is 0 Å². The van der Waals surface area contributed by atoms with E-state index in [0.717, 1.165) is 39.2 Å². The number of ketones is 1. The van der Waals surface area contributed by atoms with Gasteiger partial charge in [-0.15, -0.1) is 5.10 Å². The van der Waals surface area contributed by atoms with Crippen LogP contribution in [0.3, 0.4) is 0 Å². The molecule has 152 valence electrons. The Balaban J connectivity index is 1.44. The van der Waals surface area contributed by atoms with Crippen LogP contribution in [-0.4, -0.2) is 37.9 Å². The summed E-state index contributed by atoms with van der Waals surface area (Å²) in [6, 6.07) is 12.0. The molecule has 0 N–H and O–H groups in total. The molecule has 3 aromatic heterocycles. The van der Waals surface area contributed by atoms with Crippen molar-refractivity contribution >= 4 is 16.7 Å². The molecule has 0 aliphatic carbocycles. The fraction of sp³-hybridized carbons (Fsp3) is 0.261. The van der Waals surface area contributed by atoms with Crippen LogP contribution in [-0.2, 0) is 13.0 Å². The highest BCUT2D eigenvalue weighted by atomic mass is 16.5. The Hall–Kier alpha value is -3.61. The number of benzene rings is 1. The molecule has 1 aromatic carbocycles. The van der Waals surface area contributed by atoms with Gasteiger partial charge in [0, 0.05) is 35.0 Å². The first-order valence-corrected chi connectivity index (χ1v) is 9.81. The zero-order chi connectivity index (χ0) is 21.1. The van der Waals surface area contributed by atoms with Gasteiger partial charge >= 0.3 is 0 Å². The molecule has 0 amide bonds. The molecule has 0 saturated carbocycles. The monoisotopic (exact) mass is 401 g/mol. The minimum Gasteiger partial charge on any atom is -0.496 e. The molecule has 0 radical (unpaired) electrons. The second-order valence-corrected chi connectivity index (χ2v) is 7.28. The summed E-state index contributed by atoms with van der Waals surface area (Å²) in [4.78, 5) is 21.4. The van der Waals surface area contributed by atoms with E-state index < -0.39 is 0 Å². The summed E-state index contributed by atoms with van der Waals surface area (Å²) in [7, 11) is 1.62. The van der Waals surface area contributed by atoms with Crippen LogP contribution in [0.5, 0.6) is 5.75 Å². The van der Waals surface area contributed by atoms with Crippen LogP contribution in [0.2, 0.25) is 0 Å². The van der Waals surface area contributed by atoms with Gasteiger partial charge in [0.2, 0.25) is 0 Å². The molecule has 4 aromatic rings. The van der Waals surface area contributed by atoms with Crippen LogP contribution in [0.25, 0.3) is 10.9 Å². The van der Waals surface area contributed by atoms with E-state index in [4.69, 9.17) is 4.74 Å². The predicted molar refractivity (Wildman–Crippen MR) is 114 cm³/mol. The number of carbonyl (C=O) groups excluding carboxylic acids is 1. The number of methoxy groups -OCH3 is 1. The summed E-state index contributed by atoms with van der Waals surface area (Å²) < 4.78 is 7.07. The molecule has 4 rings (SSSR count). The molecule has 0 aliphatic rings. The normalized spacial score (nSPS) is 11.0. The molecular formula is C23H23N5O2. The second kappa shape index (κ2) is 8.41. The van der Waals surface area contributed by atoms with E-state index in [2.05, 4.69) is 32.4 Å². The molecule has 3 heterocycles. The fourth-order valence-electron chi connectivity index (χ4n) is 3.50. The molecule has 0 atom stereocenters. The van der Waals surface area contributed by atoms with Gasteiger partial charge in [-0.3, -0.25) is 14.8 Å². The summed E-state index contributed by atoms with van der Waals surface area (Å²) in [5, 5.41) is 9.27. The number of hydrogen-bond donors (Lipinski definition) is 0. The Morgan fingerprint density at radius 2 is 2.00 bits per heavy atom. The Labute approximate surface area is 174 Å². The van der Waals surface area contributed by atoms with Crippen LogP contribution in [0.1, 0.15) is 39.4 Å². The van der Waals surface area contributed by atoms with E-state index in [1.54, 1.807) is 24.2 Å². The quantitative estimate of drug-likeness (QED) is 0.439. The average molecular weight is 401 g/mol. The summed E-state index contributed by atoms with van der Waals surface area (Å²) >= 11 is 0. The summed E-state index contributed by atoms with van der Waals surface area (Å²) in [6.07, 6.45) is 4.27. The second-order valence-electron chi connectivity index (χ2n) is 7.28. The first kappa shape index (κ1) is 19.7. The smallest absolute Gasteiger partial charge is 0.185 e. The number of aromatic nitrogens is 5. The number of fused-ring (bicyclic) bond motifs is 1. The third kappa shape index (κ3) is 4.20. The van der Waals surface area contributed by atoms with Crippen LogP contribution in [0, 0.1) is 13.8 Å². The van der Waals surface area contributed by atoms with Crippen molar-refractivity contribution in [2.24, 2.45) is 0 Å². The number of carbonyl (C=O) groups is 1. The maximum absolute atomic E-state index is 12.6. The highest BCUT2D eigenvalue weighted by Gasteiger charge is 2.14. The van der Waals surface area contributed by atoms with Crippen LogP contribution < -0.4 is 4.74 Å². The highest BCUT2D eigenvalue weighted by molar-refractivity contribution is 5.94.